The van der Waals surface area contributed by atoms with Crippen LogP contribution in [0, 0.1) is 6.92 Å². The van der Waals surface area contributed by atoms with Crippen LogP contribution in [0.3, 0.4) is 0 Å². The summed E-state index contributed by atoms with van der Waals surface area (Å²) in [6.45, 7) is 5.20. The summed E-state index contributed by atoms with van der Waals surface area (Å²) < 4.78 is 15.4. The molecule has 0 spiro atoms. The molecule has 0 saturated carbocycles. The van der Waals surface area contributed by atoms with E-state index in [0.29, 0.717) is 27.1 Å². The normalized spacial score (nSPS) is 10.8. The van der Waals surface area contributed by atoms with Crippen molar-refractivity contribution in [2.75, 3.05) is 13.2 Å². The lowest BCUT2D eigenvalue weighted by molar-refractivity contribution is 0.0473. The van der Waals surface area contributed by atoms with Gasteiger partial charge < -0.3 is 13.9 Å². The summed E-state index contributed by atoms with van der Waals surface area (Å²) in [6, 6.07) is 8.20. The van der Waals surface area contributed by atoms with E-state index < -0.39 is 17.6 Å². The predicted molar refractivity (Wildman–Crippen MR) is 107 cm³/mol. The van der Waals surface area contributed by atoms with Gasteiger partial charge in [-0.05, 0) is 50.1 Å². The molecule has 150 valence electrons. The topological polar surface area (TPSA) is 95.7 Å². The molecule has 2 aromatic heterocycles. The van der Waals surface area contributed by atoms with Crippen LogP contribution in [0.1, 0.15) is 40.3 Å². The van der Waals surface area contributed by atoms with Crippen molar-refractivity contribution >= 4 is 34.6 Å². The number of aryl methyl sites for hydroxylation is 1. The van der Waals surface area contributed by atoms with E-state index in [4.69, 9.17) is 25.5 Å². The molecule has 0 unspecified atom stereocenters. The molecule has 3 aromatic rings. The van der Waals surface area contributed by atoms with Crippen molar-refractivity contribution in [3.63, 3.8) is 0 Å². The number of esters is 2. The number of aromatic nitrogens is 1. The molecule has 0 saturated heterocycles. The molecule has 0 atom stereocenters. The Labute approximate surface area is 171 Å². The highest BCUT2D eigenvalue weighted by Gasteiger charge is 2.25. The maximum Gasteiger partial charge on any atom is 0.357 e. The molecular weight excluding hydrogens is 398 g/mol. The van der Waals surface area contributed by atoms with Gasteiger partial charge in [0.1, 0.15) is 0 Å². The van der Waals surface area contributed by atoms with Crippen molar-refractivity contribution in [1.29, 1.82) is 0 Å². The molecule has 2 heterocycles. The Balaban J connectivity index is 2.31. The lowest BCUT2D eigenvalue weighted by Gasteiger charge is -2.12. The van der Waals surface area contributed by atoms with Gasteiger partial charge >= 0.3 is 17.6 Å². The monoisotopic (exact) mass is 415 g/mol. The van der Waals surface area contributed by atoms with Crippen LogP contribution in [0.15, 0.2) is 39.5 Å². The predicted octanol–water partition coefficient (Wildman–Crippen LogP) is 4.17. The maximum absolute atomic E-state index is 12.6. The van der Waals surface area contributed by atoms with Crippen LogP contribution in [-0.2, 0) is 9.47 Å². The zero-order chi connectivity index (χ0) is 21.1. The van der Waals surface area contributed by atoms with Crippen LogP contribution in [0.4, 0.5) is 0 Å². The second kappa shape index (κ2) is 8.45. The summed E-state index contributed by atoms with van der Waals surface area (Å²) in [6.07, 6.45) is 0. The molecule has 29 heavy (non-hydrogen) atoms. The fourth-order valence-electron chi connectivity index (χ4n) is 2.97. The number of pyridine rings is 1. The molecule has 0 amide bonds. The second-order valence-electron chi connectivity index (χ2n) is 6.08. The van der Waals surface area contributed by atoms with Gasteiger partial charge in [-0.1, -0.05) is 23.7 Å². The summed E-state index contributed by atoms with van der Waals surface area (Å²) in [4.78, 5) is 41.4. The molecule has 3 rings (SSSR count). The highest BCUT2D eigenvalue weighted by molar-refractivity contribution is 6.30. The van der Waals surface area contributed by atoms with Crippen LogP contribution in [-0.4, -0.2) is 30.1 Å². The number of carbonyl (C=O) groups is 2. The molecule has 0 N–H and O–H groups in total. The van der Waals surface area contributed by atoms with Crippen LogP contribution < -0.4 is 5.63 Å². The Hall–Kier alpha value is -3.19. The third-order valence-electron chi connectivity index (χ3n) is 4.24. The van der Waals surface area contributed by atoms with Gasteiger partial charge in [-0.3, -0.25) is 0 Å². The fourth-order valence-corrected chi connectivity index (χ4v) is 3.16. The third kappa shape index (κ3) is 4.00. The number of nitrogens with zero attached hydrogens (tertiary/aromatic N) is 1. The van der Waals surface area contributed by atoms with E-state index in [-0.39, 0.29) is 30.2 Å². The van der Waals surface area contributed by atoms with Crippen LogP contribution in [0.25, 0.3) is 22.2 Å². The van der Waals surface area contributed by atoms with E-state index in [2.05, 4.69) is 4.98 Å². The quantitative estimate of drug-likeness (QED) is 0.577. The summed E-state index contributed by atoms with van der Waals surface area (Å²) in [5.41, 5.74) is 0.353. The lowest BCUT2D eigenvalue weighted by atomic mass is 9.99. The number of ether oxygens (including phenoxy) is 2. The molecule has 0 radical (unpaired) electrons. The largest absolute Gasteiger partial charge is 0.462 e. The SMILES string of the molecule is CCOC(=O)c1cc2c(C)c(-c3cccc(Cl)c3)c(=O)oc2nc1C(=O)OCC. The van der Waals surface area contributed by atoms with Crippen molar-refractivity contribution in [2.45, 2.75) is 20.8 Å². The molecule has 0 aliphatic heterocycles. The first-order valence-electron chi connectivity index (χ1n) is 8.96. The van der Waals surface area contributed by atoms with Gasteiger partial charge in [0.2, 0.25) is 5.71 Å². The first kappa shape index (κ1) is 20.5. The number of hydrogen-bond donors (Lipinski definition) is 0. The van der Waals surface area contributed by atoms with E-state index >= 15 is 0 Å². The molecule has 0 aliphatic carbocycles. The van der Waals surface area contributed by atoms with Crippen molar-refractivity contribution in [1.82, 2.24) is 4.98 Å². The molecule has 0 bridgehead atoms. The average Bonchev–Trinajstić information content (AvgIpc) is 2.67. The molecular formula is C21H18ClNO6. The van der Waals surface area contributed by atoms with Gasteiger partial charge in [0.25, 0.3) is 0 Å². The van der Waals surface area contributed by atoms with Gasteiger partial charge in [-0.2, -0.15) is 0 Å². The highest BCUT2D eigenvalue weighted by atomic mass is 35.5. The van der Waals surface area contributed by atoms with Crippen molar-refractivity contribution < 1.29 is 23.5 Å². The number of benzene rings is 1. The first-order valence-corrected chi connectivity index (χ1v) is 9.33. The maximum atomic E-state index is 12.6. The van der Waals surface area contributed by atoms with E-state index in [1.807, 2.05) is 0 Å². The Bertz CT molecular complexity index is 1170. The number of carbonyl (C=O) groups excluding carboxylic acids is 2. The second-order valence-corrected chi connectivity index (χ2v) is 6.51. The lowest BCUT2D eigenvalue weighted by Crippen LogP contribution is -2.17. The van der Waals surface area contributed by atoms with E-state index in [0.717, 1.165) is 0 Å². The summed E-state index contributed by atoms with van der Waals surface area (Å²) in [5, 5.41) is 0.861. The zero-order valence-corrected chi connectivity index (χ0v) is 16.8. The minimum Gasteiger partial charge on any atom is -0.462 e. The van der Waals surface area contributed by atoms with Gasteiger partial charge in [0, 0.05) is 10.4 Å². The van der Waals surface area contributed by atoms with Crippen molar-refractivity contribution in [3.8, 4) is 11.1 Å². The zero-order valence-electron chi connectivity index (χ0n) is 16.1. The third-order valence-corrected chi connectivity index (χ3v) is 4.47. The highest BCUT2D eigenvalue weighted by Crippen LogP contribution is 2.29. The van der Waals surface area contributed by atoms with Crippen LogP contribution in [0.5, 0.6) is 0 Å². The van der Waals surface area contributed by atoms with Gasteiger partial charge in [-0.15, -0.1) is 0 Å². The van der Waals surface area contributed by atoms with Gasteiger partial charge in [0.05, 0.1) is 24.3 Å². The Morgan fingerprint density at radius 2 is 1.79 bits per heavy atom. The Morgan fingerprint density at radius 3 is 2.45 bits per heavy atom. The molecule has 0 aliphatic rings. The number of hydrogen-bond acceptors (Lipinski definition) is 7. The van der Waals surface area contributed by atoms with Crippen molar-refractivity contribution in [2.24, 2.45) is 0 Å². The van der Waals surface area contributed by atoms with Crippen LogP contribution in [0.2, 0.25) is 5.02 Å². The standard InChI is InChI=1S/C21H18ClNO6/c1-4-27-19(24)15-10-14-11(3)16(12-7-6-8-13(22)9-12)20(25)29-18(14)23-17(15)21(26)28-5-2/h6-10H,4-5H2,1-3H3. The van der Waals surface area contributed by atoms with E-state index in [1.54, 1.807) is 45.0 Å². The van der Waals surface area contributed by atoms with Gasteiger partial charge in [-0.25, -0.2) is 19.4 Å². The number of fused-ring (bicyclic) bond motifs is 1. The fraction of sp³-hybridized carbons (Fsp3) is 0.238. The molecule has 1 aromatic carbocycles. The summed E-state index contributed by atoms with van der Waals surface area (Å²) in [7, 11) is 0. The van der Waals surface area contributed by atoms with E-state index in [9.17, 15) is 14.4 Å². The minimum atomic E-state index is -0.809. The summed E-state index contributed by atoms with van der Waals surface area (Å²) >= 11 is 6.05. The van der Waals surface area contributed by atoms with Gasteiger partial charge in [0.15, 0.2) is 5.69 Å². The first-order chi connectivity index (χ1) is 13.9. The molecule has 7 nitrogen and oxygen atoms in total. The smallest absolute Gasteiger partial charge is 0.357 e. The van der Waals surface area contributed by atoms with Crippen LogP contribution >= 0.6 is 11.6 Å². The molecule has 8 heteroatoms. The van der Waals surface area contributed by atoms with Crippen molar-refractivity contribution in [3.05, 3.63) is 62.6 Å². The number of rotatable bonds is 5. The van der Waals surface area contributed by atoms with E-state index in [1.165, 1.54) is 6.07 Å². The number of halogens is 1. The Kier molecular flexibility index (Phi) is 5.98. The molecule has 0 fully saturated rings. The minimum absolute atomic E-state index is 0.0632. The Morgan fingerprint density at radius 1 is 1.10 bits per heavy atom. The average molecular weight is 416 g/mol. The summed E-state index contributed by atoms with van der Waals surface area (Å²) in [5.74, 6) is -1.53.